The van der Waals surface area contributed by atoms with Gasteiger partial charge in [0.1, 0.15) is 5.01 Å². The van der Waals surface area contributed by atoms with Crippen molar-refractivity contribution in [3.63, 3.8) is 0 Å². The fourth-order valence-corrected chi connectivity index (χ4v) is 2.34. The highest BCUT2D eigenvalue weighted by Crippen LogP contribution is 2.17. The first kappa shape index (κ1) is 13.6. The third-order valence-corrected chi connectivity index (χ3v) is 3.43. The number of nitrogens with one attached hydrogen (secondary N) is 1. The van der Waals surface area contributed by atoms with Crippen molar-refractivity contribution in [2.75, 3.05) is 6.61 Å². The summed E-state index contributed by atoms with van der Waals surface area (Å²) in [6.07, 6.45) is 1.88. The fourth-order valence-electron chi connectivity index (χ4n) is 1.43. The van der Waals surface area contributed by atoms with Gasteiger partial charge in [-0.05, 0) is 25.7 Å². The second-order valence-corrected chi connectivity index (χ2v) is 5.41. The highest BCUT2D eigenvalue weighted by Gasteiger charge is 2.06. The predicted octanol–water partition coefficient (Wildman–Crippen LogP) is 2.52. The lowest BCUT2D eigenvalue weighted by atomic mass is 10.2. The van der Waals surface area contributed by atoms with E-state index in [9.17, 15) is 0 Å². The monoisotopic (exact) mass is 242 g/mol. The van der Waals surface area contributed by atoms with Gasteiger partial charge in [-0.3, -0.25) is 0 Å². The molecule has 0 aliphatic carbocycles. The van der Waals surface area contributed by atoms with E-state index in [-0.39, 0.29) is 6.61 Å². The van der Waals surface area contributed by atoms with Crippen molar-refractivity contribution in [3.05, 3.63) is 16.1 Å². The summed E-state index contributed by atoms with van der Waals surface area (Å²) in [5.74, 6) is 0.511. The van der Waals surface area contributed by atoms with Crippen molar-refractivity contribution in [1.82, 2.24) is 10.3 Å². The van der Waals surface area contributed by atoms with Crippen molar-refractivity contribution >= 4 is 11.3 Å². The number of thiazole rings is 1. The molecule has 0 bridgehead atoms. The number of hydrogen-bond donors (Lipinski definition) is 2. The maximum atomic E-state index is 8.73. The topological polar surface area (TPSA) is 45.1 Å². The quantitative estimate of drug-likeness (QED) is 0.772. The SMILES string of the molecule is CC(CCCO)NCc1nc(C(C)C)cs1. The van der Waals surface area contributed by atoms with Crippen molar-refractivity contribution in [3.8, 4) is 0 Å². The average molecular weight is 242 g/mol. The molecule has 1 rings (SSSR count). The van der Waals surface area contributed by atoms with Gasteiger partial charge in [0, 0.05) is 24.6 Å². The van der Waals surface area contributed by atoms with Crippen LogP contribution >= 0.6 is 11.3 Å². The summed E-state index contributed by atoms with van der Waals surface area (Å²) in [5, 5.41) is 15.4. The zero-order chi connectivity index (χ0) is 12.0. The molecule has 1 unspecified atom stereocenters. The summed E-state index contributed by atoms with van der Waals surface area (Å²) in [4.78, 5) is 4.57. The van der Waals surface area contributed by atoms with E-state index in [0.717, 1.165) is 24.4 Å². The lowest BCUT2D eigenvalue weighted by Gasteiger charge is -2.11. The van der Waals surface area contributed by atoms with E-state index in [1.165, 1.54) is 5.69 Å². The van der Waals surface area contributed by atoms with E-state index in [1.807, 2.05) is 0 Å². The molecular weight excluding hydrogens is 220 g/mol. The maximum absolute atomic E-state index is 8.73. The van der Waals surface area contributed by atoms with Crippen LogP contribution in [0.25, 0.3) is 0 Å². The van der Waals surface area contributed by atoms with Gasteiger partial charge in [-0.1, -0.05) is 13.8 Å². The smallest absolute Gasteiger partial charge is 0.107 e. The van der Waals surface area contributed by atoms with Crippen LogP contribution in [-0.2, 0) is 6.54 Å². The number of hydrogen-bond acceptors (Lipinski definition) is 4. The lowest BCUT2D eigenvalue weighted by molar-refractivity contribution is 0.276. The Bertz CT molecular complexity index is 299. The van der Waals surface area contributed by atoms with Gasteiger partial charge in [0.05, 0.1) is 5.69 Å². The summed E-state index contributed by atoms with van der Waals surface area (Å²) in [7, 11) is 0. The molecule has 1 heterocycles. The predicted molar refractivity (Wildman–Crippen MR) is 68.8 cm³/mol. The van der Waals surface area contributed by atoms with Crippen LogP contribution in [0.2, 0.25) is 0 Å². The molecule has 0 aromatic carbocycles. The molecule has 16 heavy (non-hydrogen) atoms. The van der Waals surface area contributed by atoms with Crippen molar-refractivity contribution in [1.29, 1.82) is 0 Å². The van der Waals surface area contributed by atoms with Crippen LogP contribution in [0.5, 0.6) is 0 Å². The van der Waals surface area contributed by atoms with Gasteiger partial charge in [-0.2, -0.15) is 0 Å². The van der Waals surface area contributed by atoms with Crippen molar-refractivity contribution in [2.45, 2.75) is 52.1 Å². The van der Waals surface area contributed by atoms with Crippen molar-refractivity contribution < 1.29 is 5.11 Å². The number of nitrogens with zero attached hydrogens (tertiary/aromatic N) is 1. The first-order valence-electron chi connectivity index (χ1n) is 5.92. The second kappa shape index (κ2) is 6.99. The molecule has 0 aliphatic heterocycles. The maximum Gasteiger partial charge on any atom is 0.107 e. The molecule has 0 amide bonds. The van der Waals surface area contributed by atoms with Crippen LogP contribution in [0.4, 0.5) is 0 Å². The molecule has 0 saturated carbocycles. The Morgan fingerprint density at radius 1 is 1.44 bits per heavy atom. The molecule has 1 aromatic heterocycles. The Hall–Kier alpha value is -0.450. The van der Waals surface area contributed by atoms with E-state index >= 15 is 0 Å². The van der Waals surface area contributed by atoms with E-state index in [4.69, 9.17) is 5.11 Å². The number of aliphatic hydroxyl groups is 1. The van der Waals surface area contributed by atoms with Crippen LogP contribution in [0.1, 0.15) is 50.2 Å². The van der Waals surface area contributed by atoms with Crippen LogP contribution < -0.4 is 5.32 Å². The van der Waals surface area contributed by atoms with Gasteiger partial charge in [0.25, 0.3) is 0 Å². The molecule has 0 fully saturated rings. The number of aliphatic hydroxyl groups excluding tert-OH is 1. The van der Waals surface area contributed by atoms with Crippen LogP contribution in [0.15, 0.2) is 5.38 Å². The number of rotatable bonds is 7. The molecule has 3 nitrogen and oxygen atoms in total. The Kier molecular flexibility index (Phi) is 5.95. The van der Waals surface area contributed by atoms with E-state index in [1.54, 1.807) is 11.3 Å². The highest BCUT2D eigenvalue weighted by atomic mass is 32.1. The molecule has 92 valence electrons. The molecule has 2 N–H and O–H groups in total. The van der Waals surface area contributed by atoms with Crippen LogP contribution in [0, 0.1) is 0 Å². The molecule has 0 radical (unpaired) electrons. The molecule has 1 atom stereocenters. The molecular formula is C12H22N2OS. The Morgan fingerprint density at radius 2 is 2.19 bits per heavy atom. The normalized spacial score (nSPS) is 13.3. The molecule has 0 saturated heterocycles. The van der Waals surface area contributed by atoms with Crippen molar-refractivity contribution in [2.24, 2.45) is 0 Å². The molecule has 4 heteroatoms. The highest BCUT2D eigenvalue weighted by molar-refractivity contribution is 7.09. The average Bonchev–Trinajstić information content (AvgIpc) is 2.72. The Morgan fingerprint density at radius 3 is 2.75 bits per heavy atom. The first-order chi connectivity index (χ1) is 7.63. The lowest BCUT2D eigenvalue weighted by Crippen LogP contribution is -2.25. The summed E-state index contributed by atoms with van der Waals surface area (Å²) >= 11 is 1.72. The Balaban J connectivity index is 2.31. The van der Waals surface area contributed by atoms with E-state index < -0.39 is 0 Å². The van der Waals surface area contributed by atoms with Gasteiger partial charge in [0.15, 0.2) is 0 Å². The fraction of sp³-hybridized carbons (Fsp3) is 0.750. The van der Waals surface area contributed by atoms with Gasteiger partial charge < -0.3 is 10.4 Å². The zero-order valence-corrected chi connectivity index (χ0v) is 11.2. The third-order valence-electron chi connectivity index (χ3n) is 2.56. The zero-order valence-electron chi connectivity index (χ0n) is 10.4. The number of aromatic nitrogens is 1. The Labute approximate surface area is 102 Å². The standard InChI is InChI=1S/C12H22N2OS/c1-9(2)11-8-16-12(14-11)7-13-10(3)5-4-6-15/h8-10,13,15H,4-7H2,1-3H3. The minimum absolute atomic E-state index is 0.279. The van der Waals surface area contributed by atoms with Gasteiger partial charge in [-0.25, -0.2) is 4.98 Å². The van der Waals surface area contributed by atoms with Gasteiger partial charge in [0.2, 0.25) is 0 Å². The summed E-state index contributed by atoms with van der Waals surface area (Å²) in [5.41, 5.74) is 1.19. The van der Waals surface area contributed by atoms with Crippen LogP contribution in [0.3, 0.4) is 0 Å². The van der Waals surface area contributed by atoms with E-state index in [2.05, 4.69) is 36.5 Å². The first-order valence-corrected chi connectivity index (χ1v) is 6.80. The largest absolute Gasteiger partial charge is 0.396 e. The third kappa shape index (κ3) is 4.60. The minimum atomic E-state index is 0.279. The van der Waals surface area contributed by atoms with E-state index in [0.29, 0.717) is 12.0 Å². The molecule has 0 aliphatic rings. The summed E-state index contributed by atoms with van der Waals surface area (Å²) in [6, 6.07) is 0.443. The van der Waals surface area contributed by atoms with Gasteiger partial charge in [-0.15, -0.1) is 11.3 Å². The molecule has 0 spiro atoms. The summed E-state index contributed by atoms with van der Waals surface area (Å²) < 4.78 is 0. The minimum Gasteiger partial charge on any atom is -0.396 e. The second-order valence-electron chi connectivity index (χ2n) is 4.47. The molecule has 1 aromatic rings. The summed E-state index contributed by atoms with van der Waals surface area (Å²) in [6.45, 7) is 7.59. The van der Waals surface area contributed by atoms with Crippen LogP contribution in [-0.4, -0.2) is 22.7 Å². The van der Waals surface area contributed by atoms with Gasteiger partial charge >= 0.3 is 0 Å².